The van der Waals surface area contributed by atoms with Crippen molar-refractivity contribution in [3.05, 3.63) is 0 Å². The van der Waals surface area contributed by atoms with Gasteiger partial charge in [0.1, 0.15) is 0 Å². The summed E-state index contributed by atoms with van der Waals surface area (Å²) in [5.41, 5.74) is 0. The van der Waals surface area contributed by atoms with Crippen LogP contribution in [0.5, 0.6) is 0 Å². The predicted octanol–water partition coefficient (Wildman–Crippen LogP) is 4.77. The van der Waals surface area contributed by atoms with E-state index in [0.717, 1.165) is 43.8 Å². The van der Waals surface area contributed by atoms with Crippen LogP contribution in [-0.2, 0) is 9.47 Å². The molecule has 3 nitrogen and oxygen atoms in total. The number of unbranched alkanes of at least 4 members (excludes halogenated alkanes) is 15. The van der Waals surface area contributed by atoms with Crippen molar-refractivity contribution in [3.8, 4) is 0 Å². The molecule has 0 unspecified atom stereocenters. The van der Waals surface area contributed by atoms with Gasteiger partial charge in [-0.05, 0) is 12.8 Å². The Morgan fingerprint density at radius 2 is 0.742 bits per heavy atom. The topological polar surface area (TPSA) is 18.5 Å². The van der Waals surface area contributed by atoms with E-state index in [9.17, 15) is 0 Å². The van der Waals surface area contributed by atoms with Gasteiger partial charge >= 0.3 is 0 Å². The first-order valence-corrected chi connectivity index (χ1v) is 13.5. The third-order valence-electron chi connectivity index (χ3n) is 5.84. The molecular formula is C27H58BrNO2. The van der Waals surface area contributed by atoms with Crippen LogP contribution < -0.4 is 17.0 Å². The summed E-state index contributed by atoms with van der Waals surface area (Å²) in [6.45, 7) is 6.98. The van der Waals surface area contributed by atoms with Crippen LogP contribution in [-0.4, -0.2) is 58.6 Å². The first-order chi connectivity index (χ1) is 14.6. The van der Waals surface area contributed by atoms with Gasteiger partial charge < -0.3 is 30.9 Å². The first kappa shape index (κ1) is 33.5. The maximum Gasteiger partial charge on any atom is 0.0802 e. The summed E-state index contributed by atoms with van der Waals surface area (Å²) in [7, 11) is 6.69. The zero-order valence-electron chi connectivity index (χ0n) is 21.9. The summed E-state index contributed by atoms with van der Waals surface area (Å²) in [6, 6.07) is 0. The van der Waals surface area contributed by atoms with Gasteiger partial charge in [-0.25, -0.2) is 0 Å². The van der Waals surface area contributed by atoms with Crippen molar-refractivity contribution in [2.45, 2.75) is 122 Å². The van der Waals surface area contributed by atoms with Crippen molar-refractivity contribution in [2.24, 2.45) is 0 Å². The average Bonchev–Trinajstić information content (AvgIpc) is 2.70. The highest BCUT2D eigenvalue weighted by Crippen LogP contribution is 2.13. The van der Waals surface area contributed by atoms with Gasteiger partial charge in [0, 0.05) is 26.2 Å². The van der Waals surface area contributed by atoms with Gasteiger partial charge in [-0.15, -0.1) is 0 Å². The molecule has 190 valence electrons. The van der Waals surface area contributed by atoms with Gasteiger partial charge in [-0.2, -0.15) is 0 Å². The summed E-state index contributed by atoms with van der Waals surface area (Å²) >= 11 is 0. The lowest BCUT2D eigenvalue weighted by Gasteiger charge is -2.23. The van der Waals surface area contributed by atoms with Crippen molar-refractivity contribution < 1.29 is 30.9 Å². The Kier molecular flexibility index (Phi) is 28.8. The molecule has 4 heteroatoms. The smallest absolute Gasteiger partial charge is 0.0802 e. The van der Waals surface area contributed by atoms with Gasteiger partial charge in [0.25, 0.3) is 0 Å². The molecule has 0 rings (SSSR count). The summed E-state index contributed by atoms with van der Waals surface area (Å²) in [4.78, 5) is 0. The lowest BCUT2D eigenvalue weighted by atomic mass is 10.0. The molecule has 0 aromatic carbocycles. The fourth-order valence-corrected chi connectivity index (χ4v) is 3.86. The van der Waals surface area contributed by atoms with E-state index >= 15 is 0 Å². The Morgan fingerprint density at radius 3 is 1.13 bits per heavy atom. The molecule has 0 radical (unpaired) electrons. The molecule has 0 atom stereocenters. The molecule has 0 N–H and O–H groups in total. The number of hydrogen-bond donors (Lipinski definition) is 0. The van der Waals surface area contributed by atoms with Crippen LogP contribution in [0.2, 0.25) is 0 Å². The van der Waals surface area contributed by atoms with Crippen LogP contribution in [0.15, 0.2) is 0 Å². The number of nitrogens with zero attached hydrogens (tertiary/aromatic N) is 1. The molecule has 0 aliphatic heterocycles. The van der Waals surface area contributed by atoms with E-state index in [1.807, 2.05) is 0 Å². The van der Waals surface area contributed by atoms with E-state index in [1.54, 1.807) is 0 Å². The number of hydrogen-bond acceptors (Lipinski definition) is 2. The summed E-state index contributed by atoms with van der Waals surface area (Å²) in [6.07, 6.45) is 24.9. The molecule has 0 saturated heterocycles. The van der Waals surface area contributed by atoms with Crippen molar-refractivity contribution in [1.82, 2.24) is 0 Å². The van der Waals surface area contributed by atoms with Crippen molar-refractivity contribution in [1.29, 1.82) is 0 Å². The third kappa shape index (κ3) is 32.6. The minimum atomic E-state index is 0. The Hall–Kier alpha value is 0.360. The Labute approximate surface area is 207 Å². The molecule has 0 aromatic rings. The molecule has 0 amide bonds. The second-order valence-corrected chi connectivity index (χ2v) is 10.2. The molecule has 0 aliphatic rings. The Morgan fingerprint density at radius 1 is 0.419 bits per heavy atom. The maximum atomic E-state index is 5.73. The number of ether oxygens (including phenoxy) is 2. The fourth-order valence-electron chi connectivity index (χ4n) is 3.86. The predicted molar refractivity (Wildman–Crippen MR) is 133 cm³/mol. The van der Waals surface area contributed by atoms with E-state index < -0.39 is 0 Å². The summed E-state index contributed by atoms with van der Waals surface area (Å²) in [5.74, 6) is 0. The number of quaternary nitrogens is 1. The van der Waals surface area contributed by atoms with Gasteiger partial charge in [0.05, 0.1) is 34.3 Å². The first-order valence-electron chi connectivity index (χ1n) is 13.5. The van der Waals surface area contributed by atoms with E-state index in [0.29, 0.717) is 0 Å². The van der Waals surface area contributed by atoms with E-state index in [2.05, 4.69) is 28.1 Å². The fraction of sp³-hybridized carbons (Fsp3) is 1.00. The average molecular weight is 509 g/mol. The second kappa shape index (κ2) is 26.6. The number of halogens is 1. The van der Waals surface area contributed by atoms with E-state index in [4.69, 9.17) is 9.47 Å². The third-order valence-corrected chi connectivity index (χ3v) is 5.84. The molecule has 0 bridgehead atoms. The zero-order valence-corrected chi connectivity index (χ0v) is 23.5. The minimum absolute atomic E-state index is 0. The normalized spacial score (nSPS) is 11.6. The van der Waals surface area contributed by atoms with Gasteiger partial charge in [-0.3, -0.25) is 0 Å². The zero-order chi connectivity index (χ0) is 22.2. The minimum Gasteiger partial charge on any atom is -1.00 e. The van der Waals surface area contributed by atoms with Gasteiger partial charge in [0.2, 0.25) is 0 Å². The quantitative estimate of drug-likeness (QED) is 0.131. The molecule has 0 aliphatic carbocycles. The van der Waals surface area contributed by atoms with Gasteiger partial charge in [0.15, 0.2) is 0 Å². The lowest BCUT2D eigenvalue weighted by molar-refractivity contribution is -0.870. The van der Waals surface area contributed by atoms with Crippen molar-refractivity contribution in [2.75, 3.05) is 54.1 Å². The number of rotatable bonds is 25. The second-order valence-electron chi connectivity index (χ2n) is 10.2. The van der Waals surface area contributed by atoms with Crippen LogP contribution in [0, 0.1) is 0 Å². The Bertz CT molecular complexity index is 321. The van der Waals surface area contributed by atoms with Crippen molar-refractivity contribution in [3.63, 3.8) is 0 Å². The van der Waals surface area contributed by atoms with Crippen LogP contribution in [0.25, 0.3) is 0 Å². The maximum absolute atomic E-state index is 5.73. The highest BCUT2D eigenvalue weighted by atomic mass is 79.9. The van der Waals surface area contributed by atoms with E-state index in [-0.39, 0.29) is 17.0 Å². The molecule has 0 fully saturated rings. The molecule has 0 aromatic heterocycles. The summed E-state index contributed by atoms with van der Waals surface area (Å²) in [5, 5.41) is 0. The van der Waals surface area contributed by atoms with Crippen LogP contribution in [0.4, 0.5) is 0 Å². The SMILES string of the molecule is CCCCCCCCCCCCCCCCCCOCCCOCCC[N+](C)(C)C.[Br-]. The molecule has 0 heterocycles. The van der Waals surface area contributed by atoms with Crippen LogP contribution in [0.3, 0.4) is 0 Å². The molecule has 31 heavy (non-hydrogen) atoms. The Balaban J connectivity index is 0. The largest absolute Gasteiger partial charge is 1.00 e. The molecular weight excluding hydrogens is 450 g/mol. The van der Waals surface area contributed by atoms with Crippen molar-refractivity contribution >= 4 is 0 Å². The highest BCUT2D eigenvalue weighted by molar-refractivity contribution is 4.50. The lowest BCUT2D eigenvalue weighted by Crippen LogP contribution is -3.00. The highest BCUT2D eigenvalue weighted by Gasteiger charge is 2.05. The van der Waals surface area contributed by atoms with Gasteiger partial charge in [-0.1, -0.05) is 103 Å². The standard InChI is InChI=1S/C27H58NO2.BrH/c1-5-6-7-8-9-10-11-12-13-14-15-16-17-18-19-20-24-29-26-22-27-30-25-21-23-28(2,3)4;/h5-27H2,1-4H3;1H/q+1;/p-1. The van der Waals surface area contributed by atoms with Crippen LogP contribution in [0.1, 0.15) is 122 Å². The molecule has 0 saturated carbocycles. The molecule has 0 spiro atoms. The van der Waals surface area contributed by atoms with E-state index in [1.165, 1.54) is 109 Å². The monoisotopic (exact) mass is 507 g/mol. The van der Waals surface area contributed by atoms with Crippen LogP contribution >= 0.6 is 0 Å². The summed E-state index contributed by atoms with van der Waals surface area (Å²) < 4.78 is 12.4.